The van der Waals surface area contributed by atoms with Gasteiger partial charge in [-0.15, -0.1) is 0 Å². The second kappa shape index (κ2) is 4.41. The van der Waals surface area contributed by atoms with E-state index in [1.54, 1.807) is 18.3 Å². The van der Waals surface area contributed by atoms with Crippen molar-refractivity contribution >= 4 is 5.57 Å². The van der Waals surface area contributed by atoms with Crippen molar-refractivity contribution in [3.05, 3.63) is 61.0 Å². The molecule has 0 bridgehead atoms. The lowest BCUT2D eigenvalue weighted by molar-refractivity contribution is 1.25. The Balaban J connectivity index is 3.12. The van der Waals surface area contributed by atoms with Crippen molar-refractivity contribution in [1.82, 2.24) is 4.98 Å². The monoisotopic (exact) mass is 171 g/mol. The van der Waals surface area contributed by atoms with Gasteiger partial charge in [0.25, 0.3) is 0 Å². The van der Waals surface area contributed by atoms with Gasteiger partial charge < -0.3 is 0 Å². The van der Waals surface area contributed by atoms with Crippen LogP contribution in [-0.2, 0) is 0 Å². The molecule has 0 spiro atoms. The molecule has 0 N–H and O–H groups in total. The van der Waals surface area contributed by atoms with Crippen molar-refractivity contribution in [2.75, 3.05) is 0 Å². The minimum Gasteiger partial charge on any atom is -0.256 e. The van der Waals surface area contributed by atoms with Crippen LogP contribution in [0.1, 0.15) is 11.3 Å². The molecular weight excluding hydrogens is 158 g/mol. The van der Waals surface area contributed by atoms with Gasteiger partial charge >= 0.3 is 0 Å². The van der Waals surface area contributed by atoms with Crippen molar-refractivity contribution in [2.24, 2.45) is 0 Å². The van der Waals surface area contributed by atoms with Gasteiger partial charge in [0.1, 0.15) is 0 Å². The van der Waals surface area contributed by atoms with E-state index < -0.39 is 0 Å². The van der Waals surface area contributed by atoms with Gasteiger partial charge in [-0.3, -0.25) is 4.98 Å². The summed E-state index contributed by atoms with van der Waals surface area (Å²) < 4.78 is 0. The minimum atomic E-state index is 0.940. The standard InChI is InChI=1S/C12H13N/c1-4-6-11(5-2)12-9-10(3)7-8-13-12/h4-9H,1-2H2,3H3/b11-6+. The molecule has 0 atom stereocenters. The molecule has 0 saturated heterocycles. The first-order valence-corrected chi connectivity index (χ1v) is 4.16. The molecule has 13 heavy (non-hydrogen) atoms. The molecule has 0 fully saturated rings. The quantitative estimate of drug-likeness (QED) is 0.637. The van der Waals surface area contributed by atoms with Gasteiger partial charge in [-0.05, 0) is 30.2 Å². The van der Waals surface area contributed by atoms with Crippen LogP contribution >= 0.6 is 0 Å². The van der Waals surface area contributed by atoms with E-state index in [0.29, 0.717) is 0 Å². The maximum Gasteiger partial charge on any atom is 0.0704 e. The summed E-state index contributed by atoms with van der Waals surface area (Å²) >= 11 is 0. The van der Waals surface area contributed by atoms with Gasteiger partial charge in [0.05, 0.1) is 5.69 Å². The van der Waals surface area contributed by atoms with E-state index in [2.05, 4.69) is 18.1 Å². The minimum absolute atomic E-state index is 0.940. The zero-order valence-electron chi connectivity index (χ0n) is 7.83. The third-order valence-corrected chi connectivity index (χ3v) is 1.73. The molecule has 0 saturated carbocycles. The van der Waals surface area contributed by atoms with Crippen LogP contribution < -0.4 is 0 Å². The summed E-state index contributed by atoms with van der Waals surface area (Å²) in [5.74, 6) is 0. The summed E-state index contributed by atoms with van der Waals surface area (Å²) in [5.41, 5.74) is 3.13. The van der Waals surface area contributed by atoms with Gasteiger partial charge in [-0.1, -0.05) is 31.4 Å². The Morgan fingerprint density at radius 2 is 2.23 bits per heavy atom. The number of hydrogen-bond donors (Lipinski definition) is 0. The van der Waals surface area contributed by atoms with Crippen LogP contribution in [-0.4, -0.2) is 4.98 Å². The van der Waals surface area contributed by atoms with Crippen molar-refractivity contribution in [1.29, 1.82) is 0 Å². The zero-order chi connectivity index (χ0) is 9.68. The van der Waals surface area contributed by atoms with Crippen molar-refractivity contribution < 1.29 is 0 Å². The van der Waals surface area contributed by atoms with Crippen molar-refractivity contribution in [2.45, 2.75) is 6.92 Å². The fourth-order valence-electron chi connectivity index (χ4n) is 1.08. The van der Waals surface area contributed by atoms with Gasteiger partial charge in [-0.2, -0.15) is 0 Å². The van der Waals surface area contributed by atoms with Crippen LogP contribution in [0.3, 0.4) is 0 Å². The Bertz CT molecular complexity index is 348. The Hall–Kier alpha value is -1.63. The van der Waals surface area contributed by atoms with E-state index in [1.807, 2.05) is 25.1 Å². The molecular formula is C12H13N. The lowest BCUT2D eigenvalue weighted by Crippen LogP contribution is -1.86. The maximum atomic E-state index is 4.24. The summed E-state index contributed by atoms with van der Waals surface area (Å²) in [5, 5.41) is 0. The van der Waals surface area contributed by atoms with Crippen LogP contribution in [0.15, 0.2) is 49.7 Å². The predicted octanol–water partition coefficient (Wildman–Crippen LogP) is 3.15. The van der Waals surface area contributed by atoms with E-state index in [-0.39, 0.29) is 0 Å². The Labute approximate surface area is 79.1 Å². The summed E-state index contributed by atoms with van der Waals surface area (Å²) in [6, 6.07) is 4.00. The molecule has 1 rings (SSSR count). The highest BCUT2D eigenvalue weighted by Crippen LogP contribution is 2.13. The molecule has 0 aromatic carbocycles. The first-order chi connectivity index (χ1) is 6.27. The fraction of sp³-hybridized carbons (Fsp3) is 0.0833. The third kappa shape index (κ3) is 2.41. The van der Waals surface area contributed by atoms with E-state index in [4.69, 9.17) is 0 Å². The second-order valence-electron chi connectivity index (χ2n) is 2.78. The van der Waals surface area contributed by atoms with E-state index in [1.165, 1.54) is 5.56 Å². The molecule has 0 aliphatic rings. The van der Waals surface area contributed by atoms with Gasteiger partial charge in [0.15, 0.2) is 0 Å². The Kier molecular flexibility index (Phi) is 3.21. The highest BCUT2D eigenvalue weighted by molar-refractivity contribution is 5.72. The topological polar surface area (TPSA) is 12.9 Å². The SMILES string of the molecule is C=C/C=C(\C=C)c1cc(C)ccn1. The van der Waals surface area contributed by atoms with Crippen molar-refractivity contribution in [3.8, 4) is 0 Å². The molecule has 0 aliphatic carbocycles. The molecule has 1 aromatic heterocycles. The number of allylic oxidation sites excluding steroid dienone is 4. The number of aromatic nitrogens is 1. The maximum absolute atomic E-state index is 4.24. The van der Waals surface area contributed by atoms with Crippen LogP contribution in [0, 0.1) is 6.92 Å². The molecule has 0 unspecified atom stereocenters. The van der Waals surface area contributed by atoms with Gasteiger partial charge in [-0.25, -0.2) is 0 Å². The lowest BCUT2D eigenvalue weighted by Gasteiger charge is -2.00. The van der Waals surface area contributed by atoms with Crippen molar-refractivity contribution in [3.63, 3.8) is 0 Å². The van der Waals surface area contributed by atoms with Crippen LogP contribution in [0.25, 0.3) is 5.57 Å². The van der Waals surface area contributed by atoms with Crippen LogP contribution in [0.4, 0.5) is 0 Å². The summed E-state index contributed by atoms with van der Waals surface area (Å²) in [4.78, 5) is 4.24. The van der Waals surface area contributed by atoms with Crippen LogP contribution in [0.5, 0.6) is 0 Å². The molecule has 0 aliphatic heterocycles. The molecule has 0 amide bonds. The third-order valence-electron chi connectivity index (χ3n) is 1.73. The van der Waals surface area contributed by atoms with E-state index in [9.17, 15) is 0 Å². The summed E-state index contributed by atoms with van der Waals surface area (Å²) in [6.07, 6.45) is 7.21. The largest absolute Gasteiger partial charge is 0.256 e. The summed E-state index contributed by atoms with van der Waals surface area (Å²) in [6.45, 7) is 9.42. The zero-order valence-corrected chi connectivity index (χ0v) is 7.83. The fourth-order valence-corrected chi connectivity index (χ4v) is 1.08. The first kappa shape index (κ1) is 9.46. The normalized spacial score (nSPS) is 11.0. The average Bonchev–Trinajstić information content (AvgIpc) is 2.14. The predicted molar refractivity (Wildman–Crippen MR) is 57.3 cm³/mol. The van der Waals surface area contributed by atoms with E-state index in [0.717, 1.165) is 11.3 Å². The molecule has 1 heterocycles. The van der Waals surface area contributed by atoms with Gasteiger partial charge in [0.2, 0.25) is 0 Å². The Morgan fingerprint density at radius 1 is 1.46 bits per heavy atom. The highest BCUT2D eigenvalue weighted by atomic mass is 14.7. The van der Waals surface area contributed by atoms with Gasteiger partial charge in [0, 0.05) is 6.20 Å². The average molecular weight is 171 g/mol. The van der Waals surface area contributed by atoms with Crippen LogP contribution in [0.2, 0.25) is 0 Å². The first-order valence-electron chi connectivity index (χ1n) is 4.16. The lowest BCUT2D eigenvalue weighted by atomic mass is 10.1. The molecule has 1 heteroatoms. The number of rotatable bonds is 3. The number of hydrogen-bond acceptors (Lipinski definition) is 1. The smallest absolute Gasteiger partial charge is 0.0704 e. The Morgan fingerprint density at radius 3 is 2.77 bits per heavy atom. The molecule has 66 valence electrons. The number of nitrogens with zero attached hydrogens (tertiary/aromatic N) is 1. The molecule has 1 aromatic rings. The van der Waals surface area contributed by atoms with E-state index >= 15 is 0 Å². The second-order valence-corrected chi connectivity index (χ2v) is 2.78. The molecule has 0 radical (unpaired) electrons. The highest BCUT2D eigenvalue weighted by Gasteiger charge is 1.96. The molecule has 1 nitrogen and oxygen atoms in total. The number of aryl methyl sites for hydroxylation is 1. The summed E-state index contributed by atoms with van der Waals surface area (Å²) in [7, 11) is 0. The number of pyridine rings is 1.